The lowest BCUT2D eigenvalue weighted by molar-refractivity contribution is 0.209. The van der Waals surface area contributed by atoms with Crippen molar-refractivity contribution in [1.82, 2.24) is 5.32 Å². The molecule has 0 spiro atoms. The molecule has 2 heteroatoms. The van der Waals surface area contributed by atoms with Crippen LogP contribution in [-0.2, 0) is 0 Å². The molecular formula is C16H36N2. The molecule has 2 nitrogen and oxygen atoms in total. The van der Waals surface area contributed by atoms with Crippen LogP contribution in [0, 0.1) is 16.7 Å². The number of nitrogens with one attached hydrogen (secondary N) is 1. The van der Waals surface area contributed by atoms with Crippen molar-refractivity contribution >= 4 is 0 Å². The molecule has 0 aliphatic rings. The van der Waals surface area contributed by atoms with Crippen molar-refractivity contribution < 1.29 is 0 Å². The van der Waals surface area contributed by atoms with E-state index in [1.165, 1.54) is 19.3 Å². The first-order valence-electron chi connectivity index (χ1n) is 7.63. The molecule has 0 aromatic heterocycles. The minimum absolute atomic E-state index is 0.391. The summed E-state index contributed by atoms with van der Waals surface area (Å²) in [6.45, 7) is 17.0. The lowest BCUT2D eigenvalue weighted by Gasteiger charge is -2.31. The van der Waals surface area contributed by atoms with Crippen molar-refractivity contribution in [2.24, 2.45) is 22.5 Å². The predicted molar refractivity (Wildman–Crippen MR) is 82.8 cm³/mol. The molecule has 0 aromatic rings. The molecule has 110 valence electrons. The second-order valence-electron chi connectivity index (χ2n) is 7.48. The molecule has 3 N–H and O–H groups in total. The number of hydrogen-bond acceptors (Lipinski definition) is 2. The molecule has 0 fully saturated rings. The summed E-state index contributed by atoms with van der Waals surface area (Å²) in [5, 5.41) is 3.59. The van der Waals surface area contributed by atoms with Gasteiger partial charge in [0.2, 0.25) is 0 Å². The van der Waals surface area contributed by atoms with Crippen LogP contribution in [-0.4, -0.2) is 19.6 Å². The Bertz CT molecular complexity index is 204. The Morgan fingerprint density at radius 3 is 2.11 bits per heavy atom. The Labute approximate surface area is 115 Å². The van der Waals surface area contributed by atoms with Gasteiger partial charge < -0.3 is 11.1 Å². The first-order valence-corrected chi connectivity index (χ1v) is 7.63. The summed E-state index contributed by atoms with van der Waals surface area (Å²) < 4.78 is 0. The van der Waals surface area contributed by atoms with Gasteiger partial charge in [0.1, 0.15) is 0 Å². The van der Waals surface area contributed by atoms with Crippen molar-refractivity contribution in [2.75, 3.05) is 19.6 Å². The molecule has 0 bridgehead atoms. The zero-order chi connectivity index (χ0) is 14.2. The van der Waals surface area contributed by atoms with Gasteiger partial charge in [-0.1, -0.05) is 41.5 Å². The molecule has 1 unspecified atom stereocenters. The molecular weight excluding hydrogens is 220 g/mol. The first kappa shape index (κ1) is 17.9. The molecule has 0 rings (SSSR count). The standard InChI is InChI=1S/C16H36N2/c1-7-16(5,6)13-18-12-8-9-14(10-11-17)15(2,3)4/h14,18H,7-13,17H2,1-6H3. The third-order valence-corrected chi connectivity index (χ3v) is 4.21. The van der Waals surface area contributed by atoms with Crippen LogP contribution in [0.15, 0.2) is 0 Å². The van der Waals surface area contributed by atoms with Gasteiger partial charge in [0.25, 0.3) is 0 Å². The molecule has 0 aliphatic heterocycles. The molecule has 1 atom stereocenters. The fraction of sp³-hybridized carbons (Fsp3) is 1.00. The summed E-state index contributed by atoms with van der Waals surface area (Å²) in [5.41, 5.74) is 6.54. The summed E-state index contributed by atoms with van der Waals surface area (Å²) in [6.07, 6.45) is 4.95. The van der Waals surface area contributed by atoms with Crippen LogP contribution in [0.2, 0.25) is 0 Å². The van der Waals surface area contributed by atoms with Crippen LogP contribution in [0.3, 0.4) is 0 Å². The maximum Gasteiger partial charge on any atom is 0.000241 e. The van der Waals surface area contributed by atoms with Crippen molar-refractivity contribution in [3.63, 3.8) is 0 Å². The quantitative estimate of drug-likeness (QED) is 0.616. The normalized spacial score (nSPS) is 14.8. The van der Waals surface area contributed by atoms with Crippen LogP contribution >= 0.6 is 0 Å². The molecule has 0 heterocycles. The summed E-state index contributed by atoms with van der Waals surface area (Å²) in [5.74, 6) is 0.753. The van der Waals surface area contributed by atoms with Crippen molar-refractivity contribution in [3.05, 3.63) is 0 Å². The summed E-state index contributed by atoms with van der Waals surface area (Å²) >= 11 is 0. The van der Waals surface area contributed by atoms with E-state index in [2.05, 4.69) is 46.9 Å². The molecule has 0 saturated carbocycles. The van der Waals surface area contributed by atoms with Crippen molar-refractivity contribution in [1.29, 1.82) is 0 Å². The van der Waals surface area contributed by atoms with Gasteiger partial charge in [-0.15, -0.1) is 0 Å². The molecule has 0 aliphatic carbocycles. The average Bonchev–Trinajstić information content (AvgIpc) is 2.26. The van der Waals surface area contributed by atoms with Gasteiger partial charge in [-0.3, -0.25) is 0 Å². The highest BCUT2D eigenvalue weighted by Crippen LogP contribution is 2.31. The van der Waals surface area contributed by atoms with Gasteiger partial charge in [0, 0.05) is 6.54 Å². The van der Waals surface area contributed by atoms with E-state index in [-0.39, 0.29) is 0 Å². The van der Waals surface area contributed by atoms with Crippen LogP contribution in [0.1, 0.15) is 67.2 Å². The van der Waals surface area contributed by atoms with Gasteiger partial charge >= 0.3 is 0 Å². The monoisotopic (exact) mass is 256 g/mol. The Kier molecular flexibility index (Phi) is 8.13. The van der Waals surface area contributed by atoms with E-state index in [0.29, 0.717) is 10.8 Å². The maximum atomic E-state index is 5.72. The Balaban J connectivity index is 3.81. The van der Waals surface area contributed by atoms with Gasteiger partial charge in [-0.25, -0.2) is 0 Å². The van der Waals surface area contributed by atoms with Gasteiger partial charge in [-0.05, 0) is 55.5 Å². The molecule has 0 saturated heterocycles. The fourth-order valence-electron chi connectivity index (χ4n) is 2.24. The highest BCUT2D eigenvalue weighted by Gasteiger charge is 2.23. The first-order chi connectivity index (χ1) is 8.23. The topological polar surface area (TPSA) is 38.0 Å². The van der Waals surface area contributed by atoms with E-state index in [9.17, 15) is 0 Å². The lowest BCUT2D eigenvalue weighted by Crippen LogP contribution is -2.30. The summed E-state index contributed by atoms with van der Waals surface area (Å²) in [4.78, 5) is 0. The second kappa shape index (κ2) is 8.16. The molecule has 0 radical (unpaired) electrons. The van der Waals surface area contributed by atoms with Gasteiger partial charge in [0.15, 0.2) is 0 Å². The highest BCUT2D eigenvalue weighted by atomic mass is 14.9. The van der Waals surface area contributed by atoms with E-state index in [0.717, 1.165) is 32.0 Å². The smallest absolute Gasteiger partial charge is 0.000241 e. The van der Waals surface area contributed by atoms with Crippen LogP contribution in [0.25, 0.3) is 0 Å². The second-order valence-corrected chi connectivity index (χ2v) is 7.48. The van der Waals surface area contributed by atoms with Crippen LogP contribution < -0.4 is 11.1 Å². The van der Waals surface area contributed by atoms with E-state index in [1.807, 2.05) is 0 Å². The Morgan fingerprint density at radius 2 is 1.67 bits per heavy atom. The summed E-state index contributed by atoms with van der Waals surface area (Å²) in [7, 11) is 0. The third kappa shape index (κ3) is 8.10. The molecule has 0 aromatic carbocycles. The van der Waals surface area contributed by atoms with E-state index < -0.39 is 0 Å². The SMILES string of the molecule is CCC(C)(C)CNCCCC(CCN)C(C)(C)C. The minimum atomic E-state index is 0.391. The van der Waals surface area contributed by atoms with E-state index in [4.69, 9.17) is 5.73 Å². The minimum Gasteiger partial charge on any atom is -0.330 e. The maximum absolute atomic E-state index is 5.72. The number of rotatable bonds is 9. The zero-order valence-corrected chi connectivity index (χ0v) is 13.6. The third-order valence-electron chi connectivity index (χ3n) is 4.21. The average molecular weight is 256 g/mol. The van der Waals surface area contributed by atoms with Crippen LogP contribution in [0.5, 0.6) is 0 Å². The van der Waals surface area contributed by atoms with Gasteiger partial charge in [0.05, 0.1) is 0 Å². The fourth-order valence-corrected chi connectivity index (χ4v) is 2.24. The summed E-state index contributed by atoms with van der Waals surface area (Å²) in [6, 6.07) is 0. The largest absolute Gasteiger partial charge is 0.330 e. The Morgan fingerprint density at radius 1 is 1.06 bits per heavy atom. The number of hydrogen-bond donors (Lipinski definition) is 2. The van der Waals surface area contributed by atoms with Crippen molar-refractivity contribution in [3.8, 4) is 0 Å². The zero-order valence-electron chi connectivity index (χ0n) is 13.6. The van der Waals surface area contributed by atoms with Crippen molar-refractivity contribution in [2.45, 2.75) is 67.2 Å². The Hall–Kier alpha value is -0.0800. The van der Waals surface area contributed by atoms with E-state index >= 15 is 0 Å². The number of nitrogens with two attached hydrogens (primary N) is 1. The van der Waals surface area contributed by atoms with Crippen LogP contribution in [0.4, 0.5) is 0 Å². The molecule has 0 amide bonds. The van der Waals surface area contributed by atoms with Gasteiger partial charge in [-0.2, -0.15) is 0 Å². The predicted octanol–water partition coefficient (Wildman–Crippen LogP) is 3.80. The van der Waals surface area contributed by atoms with E-state index in [1.54, 1.807) is 0 Å². The lowest BCUT2D eigenvalue weighted by atomic mass is 9.76. The molecule has 18 heavy (non-hydrogen) atoms. The highest BCUT2D eigenvalue weighted by molar-refractivity contribution is 4.75.